The van der Waals surface area contributed by atoms with E-state index in [1.54, 1.807) is 31.5 Å². The van der Waals surface area contributed by atoms with Gasteiger partial charge in [-0.25, -0.2) is 18.1 Å². The molecule has 0 radical (unpaired) electrons. The summed E-state index contributed by atoms with van der Waals surface area (Å²) in [5.74, 6) is 0.546. The Hall–Kier alpha value is -1.70. The molecular weight excluding hydrogens is 266 g/mol. The molecule has 1 heterocycles. The van der Waals surface area contributed by atoms with Gasteiger partial charge < -0.3 is 10.1 Å². The smallest absolute Gasteiger partial charge is 0.240 e. The molecule has 0 aliphatic rings. The molecule has 0 aliphatic carbocycles. The summed E-state index contributed by atoms with van der Waals surface area (Å²) in [6.45, 7) is 1.73. The average Bonchev–Trinajstić information content (AvgIpc) is 2.90. The first-order valence-corrected chi connectivity index (χ1v) is 7.23. The summed E-state index contributed by atoms with van der Waals surface area (Å²) < 4.78 is 26.4. The van der Waals surface area contributed by atoms with Gasteiger partial charge in [0.05, 0.1) is 17.5 Å². The standard InChI is InChI=1S/C12H15N3O3S/c1-9(16)10-2-4-11(5-3-10)19(17,18)15-8-12-13-6-7-14-12/h2-7,9,15-16H,8H2,1H3,(H,13,14). The molecule has 0 spiro atoms. The number of aliphatic hydroxyl groups excluding tert-OH is 1. The third-order valence-electron chi connectivity index (χ3n) is 2.66. The van der Waals surface area contributed by atoms with E-state index in [1.807, 2.05) is 0 Å². The third-order valence-corrected chi connectivity index (χ3v) is 4.07. The molecule has 0 amide bonds. The molecule has 102 valence electrons. The van der Waals surface area contributed by atoms with Crippen molar-refractivity contribution in [2.45, 2.75) is 24.5 Å². The van der Waals surface area contributed by atoms with E-state index < -0.39 is 16.1 Å². The van der Waals surface area contributed by atoms with Crippen LogP contribution in [0.15, 0.2) is 41.6 Å². The maximum Gasteiger partial charge on any atom is 0.240 e. The van der Waals surface area contributed by atoms with E-state index in [-0.39, 0.29) is 11.4 Å². The zero-order valence-electron chi connectivity index (χ0n) is 10.4. The zero-order valence-corrected chi connectivity index (χ0v) is 11.2. The molecule has 1 aromatic carbocycles. The Balaban J connectivity index is 2.10. The monoisotopic (exact) mass is 281 g/mol. The lowest BCUT2D eigenvalue weighted by Crippen LogP contribution is -2.23. The Labute approximate surface area is 111 Å². The van der Waals surface area contributed by atoms with Crippen LogP contribution >= 0.6 is 0 Å². The van der Waals surface area contributed by atoms with Crippen molar-refractivity contribution < 1.29 is 13.5 Å². The Morgan fingerprint density at radius 3 is 2.58 bits per heavy atom. The van der Waals surface area contributed by atoms with Crippen LogP contribution in [-0.4, -0.2) is 23.5 Å². The maximum atomic E-state index is 12.0. The largest absolute Gasteiger partial charge is 0.389 e. The van der Waals surface area contributed by atoms with Crippen molar-refractivity contribution >= 4 is 10.0 Å². The Morgan fingerprint density at radius 1 is 1.37 bits per heavy atom. The van der Waals surface area contributed by atoms with E-state index in [9.17, 15) is 13.5 Å². The van der Waals surface area contributed by atoms with E-state index in [4.69, 9.17) is 0 Å². The number of aromatic amines is 1. The summed E-state index contributed by atoms with van der Waals surface area (Å²) in [5, 5.41) is 9.37. The second kappa shape index (κ2) is 5.52. The summed E-state index contributed by atoms with van der Waals surface area (Å²) in [5.41, 5.74) is 0.671. The van der Waals surface area contributed by atoms with Crippen molar-refractivity contribution in [2.75, 3.05) is 0 Å². The van der Waals surface area contributed by atoms with Crippen LogP contribution in [0.1, 0.15) is 24.4 Å². The van der Waals surface area contributed by atoms with E-state index >= 15 is 0 Å². The molecule has 19 heavy (non-hydrogen) atoms. The maximum absolute atomic E-state index is 12.0. The molecule has 1 aromatic heterocycles. The van der Waals surface area contributed by atoms with Crippen molar-refractivity contribution in [3.63, 3.8) is 0 Å². The number of aromatic nitrogens is 2. The summed E-state index contributed by atoms with van der Waals surface area (Å²) >= 11 is 0. The topological polar surface area (TPSA) is 95.1 Å². The lowest BCUT2D eigenvalue weighted by molar-refractivity contribution is 0.199. The molecule has 6 nitrogen and oxygen atoms in total. The van der Waals surface area contributed by atoms with Gasteiger partial charge in [0.15, 0.2) is 0 Å². The minimum absolute atomic E-state index is 0.105. The van der Waals surface area contributed by atoms with Crippen LogP contribution in [0.4, 0.5) is 0 Å². The first kappa shape index (κ1) is 13.7. The summed E-state index contributed by atoms with van der Waals surface area (Å²) in [4.78, 5) is 6.90. The SMILES string of the molecule is CC(O)c1ccc(S(=O)(=O)NCc2ncc[nH]2)cc1. The number of aliphatic hydroxyl groups is 1. The molecule has 7 heteroatoms. The quantitative estimate of drug-likeness (QED) is 0.760. The number of nitrogens with zero attached hydrogens (tertiary/aromatic N) is 1. The normalized spacial score (nSPS) is 13.4. The number of hydrogen-bond acceptors (Lipinski definition) is 4. The lowest BCUT2D eigenvalue weighted by Gasteiger charge is -2.08. The second-order valence-electron chi connectivity index (χ2n) is 4.11. The number of sulfonamides is 1. The zero-order chi connectivity index (χ0) is 13.9. The highest BCUT2D eigenvalue weighted by Crippen LogP contribution is 2.15. The van der Waals surface area contributed by atoms with Crippen molar-refractivity contribution in [2.24, 2.45) is 0 Å². The van der Waals surface area contributed by atoms with Gasteiger partial charge in [-0.3, -0.25) is 0 Å². The third kappa shape index (κ3) is 3.40. The number of rotatable bonds is 5. The van der Waals surface area contributed by atoms with Gasteiger partial charge in [-0.05, 0) is 24.6 Å². The highest BCUT2D eigenvalue weighted by atomic mass is 32.2. The van der Waals surface area contributed by atoms with E-state index in [0.717, 1.165) is 0 Å². The van der Waals surface area contributed by atoms with Crippen LogP contribution in [0.2, 0.25) is 0 Å². The molecule has 3 N–H and O–H groups in total. The van der Waals surface area contributed by atoms with Gasteiger partial charge in [-0.1, -0.05) is 12.1 Å². The predicted molar refractivity (Wildman–Crippen MR) is 69.7 cm³/mol. The van der Waals surface area contributed by atoms with Crippen LogP contribution in [-0.2, 0) is 16.6 Å². The van der Waals surface area contributed by atoms with Crippen LogP contribution in [0, 0.1) is 0 Å². The van der Waals surface area contributed by atoms with E-state index in [2.05, 4.69) is 14.7 Å². The molecule has 0 saturated heterocycles. The molecule has 1 unspecified atom stereocenters. The van der Waals surface area contributed by atoms with Crippen molar-refractivity contribution in [3.05, 3.63) is 48.0 Å². The predicted octanol–water partition coefficient (Wildman–Crippen LogP) is 0.942. The van der Waals surface area contributed by atoms with Gasteiger partial charge in [0.2, 0.25) is 10.0 Å². The van der Waals surface area contributed by atoms with Crippen LogP contribution in [0.5, 0.6) is 0 Å². The average molecular weight is 281 g/mol. The summed E-state index contributed by atoms with van der Waals surface area (Å²) in [6.07, 6.45) is 2.56. The summed E-state index contributed by atoms with van der Waals surface area (Å²) in [6, 6.07) is 6.11. The molecule has 2 aromatic rings. The fraction of sp³-hybridized carbons (Fsp3) is 0.250. The highest BCUT2D eigenvalue weighted by molar-refractivity contribution is 7.89. The number of hydrogen-bond donors (Lipinski definition) is 3. The van der Waals surface area contributed by atoms with E-state index in [0.29, 0.717) is 11.4 Å². The van der Waals surface area contributed by atoms with Crippen molar-refractivity contribution in [1.29, 1.82) is 0 Å². The van der Waals surface area contributed by atoms with E-state index in [1.165, 1.54) is 12.1 Å². The highest BCUT2D eigenvalue weighted by Gasteiger charge is 2.14. The minimum atomic E-state index is -3.57. The molecule has 2 rings (SSSR count). The van der Waals surface area contributed by atoms with Crippen molar-refractivity contribution in [1.82, 2.24) is 14.7 Å². The number of H-pyrrole nitrogens is 1. The van der Waals surface area contributed by atoms with Gasteiger partial charge >= 0.3 is 0 Å². The molecule has 0 saturated carbocycles. The van der Waals surface area contributed by atoms with Gasteiger partial charge in [0.1, 0.15) is 5.82 Å². The fourth-order valence-electron chi connectivity index (χ4n) is 1.57. The first-order valence-electron chi connectivity index (χ1n) is 5.75. The molecular formula is C12H15N3O3S. The van der Waals surface area contributed by atoms with Crippen molar-refractivity contribution in [3.8, 4) is 0 Å². The Morgan fingerprint density at radius 2 is 2.05 bits per heavy atom. The Bertz CT molecular complexity index is 619. The summed E-state index contributed by atoms with van der Waals surface area (Å²) in [7, 11) is -3.57. The number of imidazole rings is 1. The Kier molecular flexibility index (Phi) is 3.98. The van der Waals surface area contributed by atoms with Gasteiger partial charge in [0.25, 0.3) is 0 Å². The lowest BCUT2D eigenvalue weighted by atomic mass is 10.1. The van der Waals surface area contributed by atoms with Crippen LogP contribution in [0.25, 0.3) is 0 Å². The molecule has 0 bridgehead atoms. The minimum Gasteiger partial charge on any atom is -0.389 e. The molecule has 0 fully saturated rings. The number of benzene rings is 1. The van der Waals surface area contributed by atoms with Gasteiger partial charge in [0, 0.05) is 12.4 Å². The first-order chi connectivity index (χ1) is 8.99. The van der Waals surface area contributed by atoms with Gasteiger partial charge in [-0.15, -0.1) is 0 Å². The van der Waals surface area contributed by atoms with Gasteiger partial charge in [-0.2, -0.15) is 0 Å². The van der Waals surface area contributed by atoms with Crippen LogP contribution in [0.3, 0.4) is 0 Å². The molecule has 1 atom stereocenters. The second-order valence-corrected chi connectivity index (χ2v) is 5.87. The fourth-order valence-corrected chi connectivity index (χ4v) is 2.55. The number of nitrogens with one attached hydrogen (secondary N) is 2. The van der Waals surface area contributed by atoms with Crippen LogP contribution < -0.4 is 4.72 Å². The molecule has 0 aliphatic heterocycles.